The zero-order chi connectivity index (χ0) is 18.8. The van der Waals surface area contributed by atoms with Crippen molar-refractivity contribution in [2.75, 3.05) is 0 Å². The molecule has 28 heavy (non-hydrogen) atoms. The summed E-state index contributed by atoms with van der Waals surface area (Å²) < 4.78 is 0. The molecule has 7 rings (SSSR count). The van der Waals surface area contributed by atoms with Gasteiger partial charge in [0, 0.05) is 10.9 Å². The number of H-pyrrole nitrogens is 1. The lowest BCUT2D eigenvalue weighted by atomic mass is 9.50. The molecular weight excluding hydrogens is 354 g/mol. The van der Waals surface area contributed by atoms with E-state index in [2.05, 4.69) is 30.9 Å². The second kappa shape index (κ2) is 5.62. The van der Waals surface area contributed by atoms with E-state index in [1.165, 1.54) is 12.7 Å². The Balaban J connectivity index is 1.26. The summed E-state index contributed by atoms with van der Waals surface area (Å²) in [7, 11) is 0. The zero-order valence-electron chi connectivity index (χ0n) is 15.6. The highest BCUT2D eigenvalue weighted by Crippen LogP contribution is 2.60. The molecule has 0 saturated heterocycles. The second-order valence-electron chi connectivity index (χ2n) is 9.14. The van der Waals surface area contributed by atoms with Crippen LogP contribution in [0.1, 0.15) is 44.2 Å². The third kappa shape index (κ3) is 2.40. The Morgan fingerprint density at radius 3 is 2.82 bits per heavy atom. The maximum Gasteiger partial charge on any atom is 0.226 e. The average molecular weight is 377 g/mol. The van der Waals surface area contributed by atoms with Gasteiger partial charge >= 0.3 is 0 Å². The largest absolute Gasteiger partial charge is 0.350 e. The number of para-hydroxylation sites is 1. The Labute approximate surface area is 162 Å². The molecule has 2 heterocycles. The van der Waals surface area contributed by atoms with Crippen LogP contribution in [0.5, 0.6) is 0 Å². The molecule has 8 nitrogen and oxygen atoms in total. The maximum atomic E-state index is 13.0. The van der Waals surface area contributed by atoms with Crippen molar-refractivity contribution in [2.45, 2.75) is 56.0 Å². The molecule has 1 aromatic carbocycles. The quantitative estimate of drug-likeness (QED) is 0.724. The third-order valence-electron chi connectivity index (χ3n) is 7.09. The predicted molar refractivity (Wildman–Crippen MR) is 101 cm³/mol. The molecule has 3 aromatic rings. The first-order valence-corrected chi connectivity index (χ1v) is 10.1. The number of amides is 1. The lowest BCUT2D eigenvalue weighted by molar-refractivity contribution is -0.130. The van der Waals surface area contributed by atoms with Crippen LogP contribution in [0.2, 0.25) is 0 Å². The number of hydrogen-bond acceptors (Lipinski definition) is 5. The Morgan fingerprint density at radius 2 is 2.04 bits per heavy atom. The van der Waals surface area contributed by atoms with Crippen molar-refractivity contribution < 1.29 is 4.79 Å². The number of fused-ring (bicyclic) bond motifs is 1. The Kier molecular flexibility index (Phi) is 3.25. The van der Waals surface area contributed by atoms with Gasteiger partial charge < -0.3 is 5.32 Å². The molecule has 1 amide bonds. The van der Waals surface area contributed by atoms with Gasteiger partial charge in [0.05, 0.1) is 23.2 Å². The van der Waals surface area contributed by atoms with Crippen LogP contribution in [-0.4, -0.2) is 41.9 Å². The fourth-order valence-corrected chi connectivity index (χ4v) is 6.63. The Morgan fingerprint density at radius 1 is 1.21 bits per heavy atom. The predicted octanol–water partition coefficient (Wildman–Crippen LogP) is 1.96. The van der Waals surface area contributed by atoms with Gasteiger partial charge in [-0.1, -0.05) is 18.2 Å². The number of tetrazole rings is 1. The molecule has 4 atom stereocenters. The van der Waals surface area contributed by atoms with E-state index in [1.54, 1.807) is 0 Å². The normalized spacial score (nSPS) is 33.4. The van der Waals surface area contributed by atoms with E-state index >= 15 is 0 Å². The molecule has 4 fully saturated rings. The lowest BCUT2D eigenvalue weighted by Crippen LogP contribution is -2.66. The number of benzene rings is 1. The van der Waals surface area contributed by atoms with Gasteiger partial charge in [-0.25, -0.2) is 0 Å². The first-order chi connectivity index (χ1) is 13.6. The van der Waals surface area contributed by atoms with E-state index in [-0.39, 0.29) is 17.0 Å². The van der Waals surface area contributed by atoms with Gasteiger partial charge in [-0.2, -0.15) is 9.90 Å². The summed E-state index contributed by atoms with van der Waals surface area (Å²) in [5.74, 6) is 1.32. The maximum absolute atomic E-state index is 13.0. The zero-order valence-corrected chi connectivity index (χ0v) is 15.6. The standard InChI is InChI=1S/C20H23N7O/c28-18(6-17-15-3-1-2-4-16(15)24-25-17)23-19-7-13-5-14(8-19)10-20(9-13,11-19)27-22-12-21-26-27/h1-4,12-14H,5-11H2,(H,23,28)(H,24,25)/t13-,14+,19?,20?. The van der Waals surface area contributed by atoms with Gasteiger partial charge in [-0.3, -0.25) is 9.89 Å². The van der Waals surface area contributed by atoms with Crippen LogP contribution in [0.25, 0.3) is 10.9 Å². The SMILES string of the molecule is O=C(Cc1[nH]nc2ccccc12)NC12C[C@H]3C[C@@H](C1)CC(n1ncnn1)(C3)C2. The van der Waals surface area contributed by atoms with Crippen molar-refractivity contribution in [3.63, 3.8) is 0 Å². The summed E-state index contributed by atoms with van der Waals surface area (Å²) in [4.78, 5) is 14.8. The minimum atomic E-state index is -0.148. The summed E-state index contributed by atoms with van der Waals surface area (Å²) >= 11 is 0. The summed E-state index contributed by atoms with van der Waals surface area (Å²) in [5.41, 5.74) is 1.54. The molecule has 4 saturated carbocycles. The number of nitrogens with zero attached hydrogens (tertiary/aromatic N) is 5. The molecule has 2 N–H and O–H groups in total. The van der Waals surface area contributed by atoms with Crippen LogP contribution in [0, 0.1) is 11.8 Å². The Hall–Kier alpha value is -2.77. The summed E-state index contributed by atoms with van der Waals surface area (Å²) in [6, 6.07) is 7.91. The highest BCUT2D eigenvalue weighted by atomic mass is 16.1. The molecule has 2 unspecified atom stereocenters. The van der Waals surface area contributed by atoms with Gasteiger partial charge in [-0.15, -0.1) is 10.2 Å². The van der Waals surface area contributed by atoms with Gasteiger partial charge in [0.2, 0.25) is 5.91 Å². The van der Waals surface area contributed by atoms with E-state index in [9.17, 15) is 4.79 Å². The van der Waals surface area contributed by atoms with Gasteiger partial charge in [0.25, 0.3) is 0 Å². The number of rotatable bonds is 4. The Bertz CT molecular complexity index is 1030. The van der Waals surface area contributed by atoms with Crippen LogP contribution >= 0.6 is 0 Å². The molecule has 0 radical (unpaired) electrons. The monoisotopic (exact) mass is 377 g/mol. The summed E-state index contributed by atoms with van der Waals surface area (Å²) in [6.45, 7) is 0. The number of aromatic nitrogens is 6. The van der Waals surface area contributed by atoms with Crippen LogP contribution in [0.15, 0.2) is 30.6 Å². The molecule has 8 heteroatoms. The van der Waals surface area contributed by atoms with E-state index in [4.69, 9.17) is 0 Å². The van der Waals surface area contributed by atoms with E-state index < -0.39 is 0 Å². The number of nitrogens with one attached hydrogen (secondary N) is 2. The van der Waals surface area contributed by atoms with E-state index in [0.717, 1.165) is 48.7 Å². The summed E-state index contributed by atoms with van der Waals surface area (Å²) in [6.07, 6.45) is 8.34. The highest BCUT2D eigenvalue weighted by molar-refractivity contribution is 5.87. The van der Waals surface area contributed by atoms with Crippen LogP contribution in [-0.2, 0) is 16.8 Å². The first-order valence-electron chi connectivity index (χ1n) is 10.1. The average Bonchev–Trinajstić information content (AvgIpc) is 3.31. The molecule has 4 bridgehead atoms. The molecule has 4 aliphatic rings. The van der Waals surface area contributed by atoms with Gasteiger partial charge in [0.15, 0.2) is 6.33 Å². The van der Waals surface area contributed by atoms with Gasteiger partial charge in [0.1, 0.15) is 0 Å². The minimum Gasteiger partial charge on any atom is -0.350 e. The molecule has 2 aromatic heterocycles. The third-order valence-corrected chi connectivity index (χ3v) is 7.09. The van der Waals surface area contributed by atoms with E-state index in [0.29, 0.717) is 18.3 Å². The topological polar surface area (TPSA) is 101 Å². The second-order valence-corrected chi connectivity index (χ2v) is 9.14. The van der Waals surface area contributed by atoms with E-state index in [1.807, 2.05) is 29.1 Å². The van der Waals surface area contributed by atoms with Gasteiger partial charge in [-0.05, 0) is 61.6 Å². The van der Waals surface area contributed by atoms with Crippen molar-refractivity contribution in [3.05, 3.63) is 36.3 Å². The van der Waals surface area contributed by atoms with Crippen LogP contribution in [0.3, 0.4) is 0 Å². The fourth-order valence-electron chi connectivity index (χ4n) is 6.63. The van der Waals surface area contributed by atoms with Crippen LogP contribution < -0.4 is 5.32 Å². The van der Waals surface area contributed by atoms with Crippen molar-refractivity contribution >= 4 is 16.8 Å². The van der Waals surface area contributed by atoms with Crippen molar-refractivity contribution in [1.82, 2.24) is 35.7 Å². The molecular formula is C20H23N7O. The number of hydrogen-bond donors (Lipinski definition) is 2. The van der Waals surface area contributed by atoms with Crippen molar-refractivity contribution in [1.29, 1.82) is 0 Å². The molecule has 0 spiro atoms. The summed E-state index contributed by atoms with van der Waals surface area (Å²) in [5, 5.41) is 24.4. The highest BCUT2D eigenvalue weighted by Gasteiger charge is 2.60. The first kappa shape index (κ1) is 16.2. The minimum absolute atomic E-state index is 0.0676. The molecule has 144 valence electrons. The van der Waals surface area contributed by atoms with Crippen LogP contribution in [0.4, 0.5) is 0 Å². The molecule has 0 aliphatic heterocycles. The lowest BCUT2D eigenvalue weighted by Gasteiger charge is -2.61. The fraction of sp³-hybridized carbons (Fsp3) is 0.550. The number of carbonyl (C=O) groups excluding carboxylic acids is 1. The van der Waals surface area contributed by atoms with Crippen molar-refractivity contribution in [3.8, 4) is 0 Å². The van der Waals surface area contributed by atoms with Crippen molar-refractivity contribution in [2.24, 2.45) is 11.8 Å². The smallest absolute Gasteiger partial charge is 0.226 e. The number of carbonyl (C=O) groups is 1. The number of aromatic amines is 1. The molecule has 4 aliphatic carbocycles.